The smallest absolute Gasteiger partial charge is 0.221 e. The number of hydrogen-bond donors (Lipinski definition) is 1. The van der Waals surface area contributed by atoms with Crippen molar-refractivity contribution in [2.75, 3.05) is 0 Å². The van der Waals surface area contributed by atoms with Crippen LogP contribution in [0.4, 0.5) is 0 Å². The Labute approximate surface area is 167 Å². The van der Waals surface area contributed by atoms with E-state index in [1.165, 1.54) is 0 Å². The number of hydrogen-bond acceptors (Lipinski definition) is 4. The maximum absolute atomic E-state index is 12.6. The fourth-order valence-corrected chi connectivity index (χ4v) is 3.76. The monoisotopic (exact) mass is 388 g/mol. The van der Waals surface area contributed by atoms with Gasteiger partial charge in [0.1, 0.15) is 5.69 Å². The van der Waals surface area contributed by atoms with Crippen molar-refractivity contribution in [1.82, 2.24) is 20.3 Å². The van der Waals surface area contributed by atoms with E-state index in [0.29, 0.717) is 13.0 Å². The number of benzene rings is 2. The van der Waals surface area contributed by atoms with Gasteiger partial charge in [-0.25, -0.2) is 4.68 Å². The Hall–Kier alpha value is -3.25. The van der Waals surface area contributed by atoms with Gasteiger partial charge in [-0.05, 0) is 22.6 Å². The van der Waals surface area contributed by atoms with Gasteiger partial charge in [0.25, 0.3) is 0 Å². The Balaban J connectivity index is 1.42. The van der Waals surface area contributed by atoms with Gasteiger partial charge in [0.15, 0.2) is 0 Å². The minimum Gasteiger partial charge on any atom is -0.350 e. The molecule has 140 valence electrons. The second-order valence-electron chi connectivity index (χ2n) is 6.49. The number of carbonyl (C=O) groups excluding carboxylic acids is 1. The molecule has 0 aliphatic rings. The second-order valence-corrected chi connectivity index (χ2v) is 7.27. The van der Waals surface area contributed by atoms with Crippen LogP contribution >= 0.6 is 11.3 Å². The standard InChI is InChI=1S/C22H20N4OS/c27-22(23-14-19-15-26(25-24-19)20-11-12-28-16-20)13-21(17-7-3-1-4-8-17)18-9-5-2-6-10-18/h1-12,15-16,21H,13-14H2,(H,23,27). The highest BCUT2D eigenvalue weighted by Gasteiger charge is 2.18. The lowest BCUT2D eigenvalue weighted by molar-refractivity contribution is -0.121. The van der Waals surface area contributed by atoms with E-state index in [0.717, 1.165) is 22.5 Å². The third kappa shape index (κ3) is 4.35. The Morgan fingerprint density at radius 3 is 2.29 bits per heavy atom. The highest BCUT2D eigenvalue weighted by molar-refractivity contribution is 7.08. The highest BCUT2D eigenvalue weighted by Crippen LogP contribution is 2.27. The molecule has 1 amide bonds. The zero-order chi connectivity index (χ0) is 19.2. The minimum atomic E-state index is -0.0113. The maximum Gasteiger partial charge on any atom is 0.221 e. The first-order chi connectivity index (χ1) is 13.8. The van der Waals surface area contributed by atoms with Gasteiger partial charge in [-0.3, -0.25) is 4.79 Å². The lowest BCUT2D eigenvalue weighted by atomic mass is 9.88. The van der Waals surface area contributed by atoms with Crippen molar-refractivity contribution >= 4 is 17.2 Å². The Morgan fingerprint density at radius 1 is 1.00 bits per heavy atom. The number of nitrogens with one attached hydrogen (secondary N) is 1. The summed E-state index contributed by atoms with van der Waals surface area (Å²) in [6.07, 6.45) is 2.22. The van der Waals surface area contributed by atoms with Gasteiger partial charge in [0, 0.05) is 17.7 Å². The van der Waals surface area contributed by atoms with E-state index in [1.54, 1.807) is 16.0 Å². The number of nitrogens with zero attached hydrogens (tertiary/aromatic N) is 3. The Morgan fingerprint density at radius 2 is 1.68 bits per heavy atom. The Kier molecular flexibility index (Phi) is 5.58. The molecule has 0 saturated carbocycles. The van der Waals surface area contributed by atoms with Crippen LogP contribution in [0.3, 0.4) is 0 Å². The van der Waals surface area contributed by atoms with Gasteiger partial charge in [-0.15, -0.1) is 5.10 Å². The first kappa shape index (κ1) is 18.1. The van der Waals surface area contributed by atoms with Crippen molar-refractivity contribution in [2.45, 2.75) is 18.9 Å². The molecule has 2 aromatic carbocycles. The van der Waals surface area contributed by atoms with Crippen molar-refractivity contribution in [2.24, 2.45) is 0 Å². The first-order valence-electron chi connectivity index (χ1n) is 9.10. The number of thiophene rings is 1. The van der Waals surface area contributed by atoms with Crippen LogP contribution < -0.4 is 5.32 Å². The van der Waals surface area contributed by atoms with Crippen LogP contribution in [0.15, 0.2) is 83.7 Å². The largest absolute Gasteiger partial charge is 0.350 e. The quantitative estimate of drug-likeness (QED) is 0.517. The highest BCUT2D eigenvalue weighted by atomic mass is 32.1. The summed E-state index contributed by atoms with van der Waals surface area (Å²) in [5, 5.41) is 15.2. The molecule has 0 aliphatic carbocycles. The lowest BCUT2D eigenvalue weighted by Gasteiger charge is -2.17. The molecule has 4 rings (SSSR count). The van der Waals surface area contributed by atoms with Crippen molar-refractivity contribution in [3.8, 4) is 5.69 Å². The molecule has 0 aliphatic heterocycles. The van der Waals surface area contributed by atoms with Gasteiger partial charge in [0.05, 0.1) is 18.4 Å². The molecule has 6 heteroatoms. The van der Waals surface area contributed by atoms with Gasteiger partial charge >= 0.3 is 0 Å². The molecule has 0 bridgehead atoms. The lowest BCUT2D eigenvalue weighted by Crippen LogP contribution is -2.25. The maximum atomic E-state index is 12.6. The van der Waals surface area contributed by atoms with E-state index in [2.05, 4.69) is 39.9 Å². The fraction of sp³-hybridized carbons (Fsp3) is 0.136. The van der Waals surface area contributed by atoms with Crippen LogP contribution in [0.2, 0.25) is 0 Å². The zero-order valence-corrected chi connectivity index (χ0v) is 16.0. The van der Waals surface area contributed by atoms with Crippen LogP contribution in [0.5, 0.6) is 0 Å². The summed E-state index contributed by atoms with van der Waals surface area (Å²) in [5.74, 6) is 0.00618. The predicted molar refractivity (Wildman–Crippen MR) is 110 cm³/mol. The molecule has 5 nitrogen and oxygen atoms in total. The third-order valence-electron chi connectivity index (χ3n) is 4.57. The van der Waals surface area contributed by atoms with Gasteiger partial charge in [-0.2, -0.15) is 11.3 Å². The summed E-state index contributed by atoms with van der Waals surface area (Å²) < 4.78 is 1.72. The van der Waals surface area contributed by atoms with Crippen LogP contribution in [0.25, 0.3) is 5.69 Å². The summed E-state index contributed by atoms with van der Waals surface area (Å²) in [6, 6.07) is 22.2. The molecule has 0 saturated heterocycles. The molecule has 1 N–H and O–H groups in total. The fourth-order valence-electron chi connectivity index (χ4n) is 3.14. The summed E-state index contributed by atoms with van der Waals surface area (Å²) in [5.41, 5.74) is 3.97. The van der Waals surface area contributed by atoms with E-state index in [4.69, 9.17) is 0 Å². The molecular weight excluding hydrogens is 368 g/mol. The van der Waals surface area contributed by atoms with E-state index in [9.17, 15) is 4.79 Å². The van der Waals surface area contributed by atoms with Crippen molar-refractivity contribution < 1.29 is 4.79 Å². The molecule has 28 heavy (non-hydrogen) atoms. The van der Waals surface area contributed by atoms with E-state index >= 15 is 0 Å². The van der Waals surface area contributed by atoms with Crippen LogP contribution in [-0.4, -0.2) is 20.9 Å². The molecule has 0 atom stereocenters. The van der Waals surface area contributed by atoms with Gasteiger partial charge < -0.3 is 5.32 Å². The summed E-state index contributed by atoms with van der Waals surface area (Å²) in [7, 11) is 0. The normalized spacial score (nSPS) is 10.9. The number of rotatable bonds is 7. The number of amides is 1. The molecule has 0 radical (unpaired) electrons. The summed E-state index contributed by atoms with van der Waals surface area (Å²) in [6.45, 7) is 0.360. The topological polar surface area (TPSA) is 59.8 Å². The van der Waals surface area contributed by atoms with Gasteiger partial charge in [0.2, 0.25) is 5.91 Å². The van der Waals surface area contributed by atoms with Crippen molar-refractivity contribution in [3.05, 3.63) is 101 Å². The Bertz CT molecular complexity index is 974. The van der Waals surface area contributed by atoms with E-state index < -0.39 is 0 Å². The summed E-state index contributed by atoms with van der Waals surface area (Å²) in [4.78, 5) is 12.6. The number of aromatic nitrogens is 3. The zero-order valence-electron chi connectivity index (χ0n) is 15.2. The first-order valence-corrected chi connectivity index (χ1v) is 10.0. The number of carbonyl (C=O) groups is 1. The summed E-state index contributed by atoms with van der Waals surface area (Å²) >= 11 is 1.61. The van der Waals surface area contributed by atoms with Crippen LogP contribution in [-0.2, 0) is 11.3 Å². The average Bonchev–Trinajstić information content (AvgIpc) is 3.43. The minimum absolute atomic E-state index is 0.0113. The van der Waals surface area contributed by atoms with Crippen LogP contribution in [0.1, 0.15) is 29.2 Å². The molecule has 0 unspecified atom stereocenters. The SMILES string of the molecule is O=C(CC(c1ccccc1)c1ccccc1)NCc1cn(-c2ccsc2)nn1. The van der Waals surface area contributed by atoms with Gasteiger partial charge in [-0.1, -0.05) is 65.9 Å². The third-order valence-corrected chi connectivity index (χ3v) is 5.24. The van der Waals surface area contributed by atoms with Crippen molar-refractivity contribution in [3.63, 3.8) is 0 Å². The van der Waals surface area contributed by atoms with Crippen molar-refractivity contribution in [1.29, 1.82) is 0 Å². The molecule has 4 aromatic rings. The average molecular weight is 388 g/mol. The molecule has 0 spiro atoms. The van der Waals surface area contributed by atoms with Crippen LogP contribution in [0, 0.1) is 0 Å². The molecular formula is C22H20N4OS. The molecule has 0 fully saturated rings. The predicted octanol–water partition coefficient (Wildman–Crippen LogP) is 4.17. The second kappa shape index (κ2) is 8.63. The van der Waals surface area contributed by atoms with E-state index in [-0.39, 0.29) is 11.8 Å². The van der Waals surface area contributed by atoms with E-state index in [1.807, 2.05) is 59.4 Å². The molecule has 2 aromatic heterocycles. The molecule has 2 heterocycles.